The Kier molecular flexibility index (Phi) is 7.48. The lowest BCUT2D eigenvalue weighted by Crippen LogP contribution is -2.31. The van der Waals surface area contributed by atoms with Crippen LogP contribution in [0.2, 0.25) is 0 Å². The fourth-order valence-corrected chi connectivity index (χ4v) is 2.70. The van der Waals surface area contributed by atoms with Gasteiger partial charge in [0, 0.05) is 0 Å². The van der Waals surface area contributed by atoms with Crippen molar-refractivity contribution in [2.45, 2.75) is 6.10 Å². The van der Waals surface area contributed by atoms with Crippen LogP contribution in [0.1, 0.15) is 31.1 Å². The van der Waals surface area contributed by atoms with Crippen LogP contribution in [0.5, 0.6) is 17.2 Å². The largest absolute Gasteiger partial charge is 0.508 e. The van der Waals surface area contributed by atoms with Gasteiger partial charge < -0.3 is 29.5 Å². The maximum Gasteiger partial charge on any atom is 0.338 e. The lowest BCUT2D eigenvalue weighted by atomic mass is 10.2. The van der Waals surface area contributed by atoms with E-state index in [0.717, 1.165) is 0 Å². The molecule has 0 aliphatic carbocycles. The van der Waals surface area contributed by atoms with E-state index in [2.05, 4.69) is 0 Å². The van der Waals surface area contributed by atoms with E-state index in [1.807, 2.05) is 0 Å². The highest BCUT2D eigenvalue weighted by molar-refractivity contribution is 5.89. The number of carboxylic acids is 2. The molecule has 0 aromatic heterocycles. The predicted molar refractivity (Wildman–Crippen MR) is 115 cm³/mol. The summed E-state index contributed by atoms with van der Waals surface area (Å²) in [5.41, 5.74) is 0.422. The molecule has 0 fully saturated rings. The van der Waals surface area contributed by atoms with E-state index >= 15 is 0 Å². The molecule has 0 saturated heterocycles. The van der Waals surface area contributed by atoms with Crippen molar-refractivity contribution in [2.75, 3.05) is 13.2 Å². The number of hydrogen-bond donors (Lipinski definition) is 3. The van der Waals surface area contributed by atoms with Gasteiger partial charge in [0.2, 0.25) is 0 Å². The molecule has 0 aliphatic rings. The van der Waals surface area contributed by atoms with Crippen LogP contribution < -0.4 is 9.47 Å². The van der Waals surface area contributed by atoms with Gasteiger partial charge in [-0.05, 0) is 72.8 Å². The molecule has 0 radical (unpaired) electrons. The Morgan fingerprint density at radius 3 is 1.42 bits per heavy atom. The highest BCUT2D eigenvalue weighted by atomic mass is 16.6. The Hall–Kier alpha value is -4.53. The number of phenolic OH excluding ortho intramolecular Hbond substituents is 1. The summed E-state index contributed by atoms with van der Waals surface area (Å²) in [5, 5.41) is 27.3. The van der Waals surface area contributed by atoms with Crippen molar-refractivity contribution in [1.82, 2.24) is 0 Å². The molecule has 0 amide bonds. The summed E-state index contributed by atoms with van der Waals surface area (Å²) in [7, 11) is 0. The molecule has 3 rings (SSSR count). The van der Waals surface area contributed by atoms with Crippen LogP contribution in [-0.4, -0.2) is 52.5 Å². The summed E-state index contributed by atoms with van der Waals surface area (Å²) >= 11 is 0. The quantitative estimate of drug-likeness (QED) is 0.394. The van der Waals surface area contributed by atoms with E-state index < -0.39 is 24.0 Å². The number of carbonyl (C=O) groups is 3. The minimum absolute atomic E-state index is 0.00406. The van der Waals surface area contributed by atoms with Gasteiger partial charge in [0.25, 0.3) is 0 Å². The summed E-state index contributed by atoms with van der Waals surface area (Å²) < 4.78 is 16.7. The summed E-state index contributed by atoms with van der Waals surface area (Å²) in [6.07, 6.45) is -0.857. The molecule has 33 heavy (non-hydrogen) atoms. The van der Waals surface area contributed by atoms with E-state index in [9.17, 15) is 19.5 Å². The van der Waals surface area contributed by atoms with Gasteiger partial charge in [-0.25, -0.2) is 14.4 Å². The number of rotatable bonds is 10. The molecule has 0 unspecified atom stereocenters. The minimum atomic E-state index is -1.07. The highest BCUT2D eigenvalue weighted by Gasteiger charge is 2.19. The zero-order valence-corrected chi connectivity index (χ0v) is 17.2. The first-order valence-electron chi connectivity index (χ1n) is 9.74. The van der Waals surface area contributed by atoms with Crippen LogP contribution in [0.3, 0.4) is 0 Å². The number of aromatic hydroxyl groups is 1. The number of carboxylic acid groups (broad SMARTS) is 2. The number of aromatic carboxylic acids is 2. The SMILES string of the molecule is O=C(O)c1ccc(OCC(COc2ccc(C(=O)O)cc2)OC(=O)c2ccc(O)cc2)cc1. The molecule has 0 aliphatic heterocycles. The third kappa shape index (κ3) is 6.73. The summed E-state index contributed by atoms with van der Waals surface area (Å²) in [5.74, 6) is -2.04. The molecule has 0 atom stereocenters. The Morgan fingerprint density at radius 2 is 1.03 bits per heavy atom. The van der Waals surface area contributed by atoms with Gasteiger partial charge >= 0.3 is 17.9 Å². The molecule has 0 saturated carbocycles. The Morgan fingerprint density at radius 1 is 0.636 bits per heavy atom. The molecule has 3 aromatic rings. The second kappa shape index (κ2) is 10.7. The second-order valence-electron chi connectivity index (χ2n) is 6.86. The molecular formula is C24H20O9. The topological polar surface area (TPSA) is 140 Å². The molecule has 9 heteroatoms. The maximum atomic E-state index is 12.5. The third-order valence-electron chi connectivity index (χ3n) is 4.45. The molecule has 9 nitrogen and oxygen atoms in total. The highest BCUT2D eigenvalue weighted by Crippen LogP contribution is 2.17. The van der Waals surface area contributed by atoms with E-state index in [1.165, 1.54) is 72.8 Å². The van der Waals surface area contributed by atoms with E-state index in [-0.39, 0.29) is 35.7 Å². The summed E-state index contributed by atoms with van der Waals surface area (Å²) in [6, 6.07) is 17.0. The van der Waals surface area contributed by atoms with Crippen LogP contribution in [0.15, 0.2) is 72.8 Å². The minimum Gasteiger partial charge on any atom is -0.508 e. The van der Waals surface area contributed by atoms with Gasteiger partial charge in [-0.2, -0.15) is 0 Å². The van der Waals surface area contributed by atoms with Gasteiger partial charge in [0.15, 0.2) is 6.10 Å². The lowest BCUT2D eigenvalue weighted by Gasteiger charge is -2.19. The number of esters is 1. The molecule has 3 aromatic carbocycles. The van der Waals surface area contributed by atoms with Crippen LogP contribution in [0.25, 0.3) is 0 Å². The molecule has 0 spiro atoms. The Labute approximate surface area is 188 Å². The first-order chi connectivity index (χ1) is 15.8. The van der Waals surface area contributed by atoms with Crippen molar-refractivity contribution in [3.05, 3.63) is 89.5 Å². The molecule has 0 heterocycles. The van der Waals surface area contributed by atoms with Crippen LogP contribution in [-0.2, 0) is 4.74 Å². The Bertz CT molecular complexity index is 1040. The number of benzene rings is 3. The number of ether oxygens (including phenoxy) is 3. The Balaban J connectivity index is 1.67. The summed E-state index contributed by atoms with van der Waals surface area (Å²) in [4.78, 5) is 34.4. The van der Waals surface area contributed by atoms with Crippen molar-refractivity contribution in [3.8, 4) is 17.2 Å². The summed E-state index contributed by atoms with van der Waals surface area (Å²) in [6.45, 7) is -0.188. The van der Waals surface area contributed by atoms with Gasteiger partial charge in [-0.1, -0.05) is 0 Å². The number of phenols is 1. The van der Waals surface area contributed by atoms with Crippen LogP contribution >= 0.6 is 0 Å². The molecule has 0 bridgehead atoms. The molecule has 3 N–H and O–H groups in total. The third-order valence-corrected chi connectivity index (χ3v) is 4.45. The van der Waals surface area contributed by atoms with Crippen molar-refractivity contribution in [2.24, 2.45) is 0 Å². The first kappa shape index (κ1) is 23.1. The van der Waals surface area contributed by atoms with Gasteiger partial charge in [-0.15, -0.1) is 0 Å². The maximum absolute atomic E-state index is 12.5. The second-order valence-corrected chi connectivity index (χ2v) is 6.86. The zero-order chi connectivity index (χ0) is 23.8. The normalized spacial score (nSPS) is 10.5. The van der Waals surface area contributed by atoms with Crippen molar-refractivity contribution >= 4 is 17.9 Å². The lowest BCUT2D eigenvalue weighted by molar-refractivity contribution is 0.00254. The zero-order valence-electron chi connectivity index (χ0n) is 17.2. The molecule has 170 valence electrons. The predicted octanol–water partition coefficient (Wildman–Crippen LogP) is 3.47. The van der Waals surface area contributed by atoms with Crippen molar-refractivity contribution < 1.29 is 43.9 Å². The van der Waals surface area contributed by atoms with E-state index in [1.54, 1.807) is 0 Å². The van der Waals surface area contributed by atoms with Crippen molar-refractivity contribution in [3.63, 3.8) is 0 Å². The average molecular weight is 452 g/mol. The standard InChI is InChI=1S/C24H20O9/c25-18-7-1-17(2-8-18)24(30)33-21(13-31-19-9-3-15(4-10-19)22(26)27)14-32-20-11-5-16(6-12-20)23(28)29/h1-12,21,25H,13-14H2,(H,26,27)(H,28,29). The van der Waals surface area contributed by atoms with Gasteiger partial charge in [0.05, 0.1) is 16.7 Å². The number of hydrogen-bond acceptors (Lipinski definition) is 7. The van der Waals surface area contributed by atoms with Gasteiger partial charge in [0.1, 0.15) is 30.5 Å². The van der Waals surface area contributed by atoms with E-state index in [0.29, 0.717) is 11.5 Å². The van der Waals surface area contributed by atoms with Crippen LogP contribution in [0, 0.1) is 0 Å². The van der Waals surface area contributed by atoms with Gasteiger partial charge in [-0.3, -0.25) is 0 Å². The monoisotopic (exact) mass is 452 g/mol. The molecular weight excluding hydrogens is 432 g/mol. The van der Waals surface area contributed by atoms with Crippen LogP contribution in [0.4, 0.5) is 0 Å². The average Bonchev–Trinajstić information content (AvgIpc) is 2.81. The van der Waals surface area contributed by atoms with E-state index in [4.69, 9.17) is 24.4 Å². The fraction of sp³-hybridized carbons (Fsp3) is 0.125. The fourth-order valence-electron chi connectivity index (χ4n) is 2.70. The van der Waals surface area contributed by atoms with Crippen molar-refractivity contribution in [1.29, 1.82) is 0 Å². The smallest absolute Gasteiger partial charge is 0.338 e. The number of carbonyl (C=O) groups excluding carboxylic acids is 1. The first-order valence-corrected chi connectivity index (χ1v) is 9.74.